The normalized spacial score (nSPS) is 37.7. The minimum Gasteiger partial charge on any atom is -0.396 e. The second-order valence-electron chi connectivity index (χ2n) is 9.62. The third kappa shape index (κ3) is 2.07. The number of nitrogens with two attached hydrogens (primary N) is 1. The fourth-order valence-corrected chi connectivity index (χ4v) is 8.37. The van der Waals surface area contributed by atoms with Crippen molar-refractivity contribution < 1.29 is 0 Å². The summed E-state index contributed by atoms with van der Waals surface area (Å²) in [6.45, 7) is 0. The number of anilines is 1. The van der Waals surface area contributed by atoms with Crippen molar-refractivity contribution in [2.45, 2.75) is 57.8 Å². The van der Waals surface area contributed by atoms with E-state index in [-0.39, 0.29) is 0 Å². The molecule has 134 valence electrons. The summed E-state index contributed by atoms with van der Waals surface area (Å²) in [5.41, 5.74) is 10.2. The molecule has 2 heterocycles. The molecule has 0 amide bonds. The second kappa shape index (κ2) is 5.23. The first-order valence-electron chi connectivity index (χ1n) is 10.2. The molecule has 2 aromatic rings. The van der Waals surface area contributed by atoms with E-state index in [2.05, 4.69) is 12.1 Å². The summed E-state index contributed by atoms with van der Waals surface area (Å²) in [5, 5.41) is 10.3. The lowest BCUT2D eigenvalue weighted by Crippen LogP contribution is -2.50. The maximum absolute atomic E-state index is 9.28. The first-order chi connectivity index (χ1) is 12.6. The van der Waals surface area contributed by atoms with Crippen LogP contribution in [0.25, 0.3) is 10.2 Å². The zero-order chi connectivity index (χ0) is 17.5. The summed E-state index contributed by atoms with van der Waals surface area (Å²) >= 11 is 1.45. The van der Waals surface area contributed by atoms with Gasteiger partial charge in [-0.05, 0) is 98.5 Å². The van der Waals surface area contributed by atoms with Crippen LogP contribution < -0.4 is 5.73 Å². The number of fused-ring (bicyclic) bond motifs is 2. The number of pyridine rings is 1. The van der Waals surface area contributed by atoms with Crippen molar-refractivity contribution in [3.05, 3.63) is 22.2 Å². The number of nitrogens with zero attached hydrogens (tertiary/aromatic N) is 2. The van der Waals surface area contributed by atoms with Gasteiger partial charge in [0.15, 0.2) is 0 Å². The van der Waals surface area contributed by atoms with Crippen LogP contribution in [-0.4, -0.2) is 4.98 Å². The molecule has 5 aliphatic rings. The van der Waals surface area contributed by atoms with Gasteiger partial charge in [-0.1, -0.05) is 0 Å². The van der Waals surface area contributed by atoms with Crippen molar-refractivity contribution in [2.24, 2.45) is 29.1 Å². The largest absolute Gasteiger partial charge is 0.396 e. The van der Waals surface area contributed by atoms with E-state index in [1.807, 2.05) is 0 Å². The van der Waals surface area contributed by atoms with Crippen LogP contribution in [-0.2, 0) is 12.8 Å². The quantitative estimate of drug-likeness (QED) is 0.769. The molecule has 4 saturated carbocycles. The number of rotatable bonds is 1. The van der Waals surface area contributed by atoms with Crippen LogP contribution in [0.15, 0.2) is 6.07 Å². The van der Waals surface area contributed by atoms with Gasteiger partial charge in [-0.3, -0.25) is 0 Å². The molecule has 0 aromatic carbocycles. The maximum Gasteiger partial charge on any atom is 0.130 e. The predicted octanol–water partition coefficient (Wildman–Crippen LogP) is 5.07. The lowest BCUT2D eigenvalue weighted by molar-refractivity contribution is -0.0902. The van der Waals surface area contributed by atoms with Gasteiger partial charge in [0.2, 0.25) is 0 Å². The van der Waals surface area contributed by atoms with Crippen LogP contribution in [0, 0.1) is 40.4 Å². The highest BCUT2D eigenvalue weighted by molar-refractivity contribution is 7.19. The molecule has 1 atom stereocenters. The zero-order valence-corrected chi connectivity index (χ0v) is 15.9. The van der Waals surface area contributed by atoms with Crippen LogP contribution in [0.5, 0.6) is 0 Å². The average molecular weight is 364 g/mol. The highest BCUT2D eigenvalue weighted by Gasteiger charge is 2.54. The second-order valence-corrected chi connectivity index (χ2v) is 10.6. The number of nitriles is 1. The van der Waals surface area contributed by atoms with Gasteiger partial charge >= 0.3 is 0 Å². The average Bonchev–Trinajstić information content (AvgIpc) is 2.93. The molecule has 4 fully saturated rings. The smallest absolute Gasteiger partial charge is 0.130 e. The minimum absolute atomic E-state index is 0.618. The molecule has 0 aliphatic heterocycles. The topological polar surface area (TPSA) is 62.7 Å². The van der Waals surface area contributed by atoms with Crippen LogP contribution >= 0.6 is 11.3 Å². The van der Waals surface area contributed by atoms with E-state index < -0.39 is 0 Å². The standard InChI is InChI=1S/C22H25N3S/c23-11-19-20(24)17-7-15-6-16(1-2-18(15)25-21(17)26-19)22-8-12-3-13(9-22)5-14(4-12)10-22/h7,12-14,16H,1-6,8-10,24H2. The Morgan fingerprint density at radius 1 is 1.15 bits per heavy atom. The van der Waals surface area contributed by atoms with Gasteiger partial charge in [0, 0.05) is 11.1 Å². The molecular weight excluding hydrogens is 338 g/mol. The first kappa shape index (κ1) is 15.5. The summed E-state index contributed by atoms with van der Waals surface area (Å²) in [4.78, 5) is 6.48. The lowest BCUT2D eigenvalue weighted by Gasteiger charge is -2.60. The van der Waals surface area contributed by atoms with Crippen molar-refractivity contribution in [3.8, 4) is 6.07 Å². The summed E-state index contributed by atoms with van der Waals surface area (Å²) < 4.78 is 0. The van der Waals surface area contributed by atoms with Crippen molar-refractivity contribution in [1.29, 1.82) is 5.26 Å². The molecule has 26 heavy (non-hydrogen) atoms. The van der Waals surface area contributed by atoms with Crippen molar-refractivity contribution in [2.75, 3.05) is 5.73 Å². The highest BCUT2D eigenvalue weighted by Crippen LogP contribution is 2.64. The lowest BCUT2D eigenvalue weighted by atomic mass is 9.45. The van der Waals surface area contributed by atoms with E-state index in [1.54, 1.807) is 0 Å². The minimum atomic E-state index is 0.618. The van der Waals surface area contributed by atoms with Gasteiger partial charge in [0.05, 0.1) is 5.69 Å². The number of aromatic nitrogens is 1. The molecule has 4 bridgehead atoms. The van der Waals surface area contributed by atoms with E-state index in [0.717, 1.165) is 40.3 Å². The summed E-state index contributed by atoms with van der Waals surface area (Å²) in [6, 6.07) is 4.50. The van der Waals surface area contributed by atoms with Gasteiger partial charge < -0.3 is 5.73 Å². The van der Waals surface area contributed by atoms with Gasteiger partial charge in [0.1, 0.15) is 15.8 Å². The fourth-order valence-electron chi connectivity index (χ4n) is 7.47. The molecule has 7 rings (SSSR count). The van der Waals surface area contributed by atoms with E-state index in [0.29, 0.717) is 16.0 Å². The Hall–Kier alpha value is -1.60. The number of hydrogen-bond donors (Lipinski definition) is 1. The van der Waals surface area contributed by atoms with Gasteiger partial charge in [-0.2, -0.15) is 5.26 Å². The summed E-state index contributed by atoms with van der Waals surface area (Å²) in [6.07, 6.45) is 12.6. The molecule has 2 aromatic heterocycles. The Kier molecular flexibility index (Phi) is 3.11. The van der Waals surface area contributed by atoms with Gasteiger partial charge in [0.25, 0.3) is 0 Å². The van der Waals surface area contributed by atoms with Crippen molar-refractivity contribution in [3.63, 3.8) is 0 Å². The monoisotopic (exact) mass is 363 g/mol. The molecule has 4 heteroatoms. The molecule has 0 radical (unpaired) electrons. The summed E-state index contributed by atoms with van der Waals surface area (Å²) in [5.74, 6) is 3.90. The number of thiophene rings is 1. The van der Waals surface area contributed by atoms with Crippen LogP contribution in [0.3, 0.4) is 0 Å². The number of hydrogen-bond acceptors (Lipinski definition) is 4. The molecule has 0 saturated heterocycles. The Morgan fingerprint density at radius 3 is 2.50 bits per heavy atom. The molecule has 3 nitrogen and oxygen atoms in total. The summed E-state index contributed by atoms with van der Waals surface area (Å²) in [7, 11) is 0. The first-order valence-corrected chi connectivity index (χ1v) is 11.1. The van der Waals surface area contributed by atoms with Crippen LogP contribution in [0.4, 0.5) is 5.69 Å². The Balaban J connectivity index is 1.37. The zero-order valence-electron chi connectivity index (χ0n) is 15.1. The van der Waals surface area contributed by atoms with E-state index in [4.69, 9.17) is 10.7 Å². The molecule has 0 spiro atoms. The Labute approximate surface area is 158 Å². The van der Waals surface area contributed by atoms with Crippen molar-refractivity contribution >= 4 is 27.2 Å². The van der Waals surface area contributed by atoms with Crippen LogP contribution in [0.2, 0.25) is 0 Å². The third-order valence-corrected chi connectivity index (χ3v) is 9.16. The SMILES string of the molecule is N#Cc1sc2nc3c(cc2c1N)CC(C12CC4CC(CC(C4)C1)C2)CC3. The van der Waals surface area contributed by atoms with E-state index in [9.17, 15) is 5.26 Å². The Morgan fingerprint density at radius 2 is 1.85 bits per heavy atom. The van der Waals surface area contributed by atoms with Crippen LogP contribution in [0.1, 0.15) is 61.1 Å². The third-order valence-electron chi connectivity index (χ3n) is 8.14. The van der Waals surface area contributed by atoms with Gasteiger partial charge in [-0.15, -0.1) is 11.3 Å². The van der Waals surface area contributed by atoms with Gasteiger partial charge in [-0.25, -0.2) is 4.98 Å². The highest BCUT2D eigenvalue weighted by atomic mass is 32.1. The molecule has 5 aliphatic carbocycles. The van der Waals surface area contributed by atoms with Crippen molar-refractivity contribution in [1.82, 2.24) is 4.98 Å². The number of aryl methyl sites for hydroxylation is 1. The molecule has 2 N–H and O–H groups in total. The molecular formula is C22H25N3S. The number of nitrogen functional groups attached to an aromatic ring is 1. The van der Waals surface area contributed by atoms with E-state index in [1.165, 1.54) is 74.0 Å². The van der Waals surface area contributed by atoms with E-state index >= 15 is 0 Å². The Bertz CT molecular complexity index is 915. The predicted molar refractivity (Wildman–Crippen MR) is 105 cm³/mol. The fraction of sp³-hybridized carbons (Fsp3) is 0.636. The molecule has 1 unspecified atom stereocenters. The maximum atomic E-state index is 9.28.